The molecule has 0 aromatic heterocycles. The fraction of sp³-hybridized carbons (Fsp3) is 0.176. The van der Waals surface area contributed by atoms with Crippen molar-refractivity contribution >= 4 is 11.8 Å². The highest BCUT2D eigenvalue weighted by atomic mass is 16.5. The van der Waals surface area contributed by atoms with Gasteiger partial charge in [-0.2, -0.15) is 0 Å². The Morgan fingerprint density at radius 2 is 1.75 bits per heavy atom. The highest BCUT2D eigenvalue weighted by Crippen LogP contribution is 2.36. The smallest absolute Gasteiger partial charge is 0.311 e. The number of carbonyl (C=O) groups excluding carboxylic acids is 2. The summed E-state index contributed by atoms with van der Waals surface area (Å²) in [5.41, 5.74) is 1.63. The number of ketones is 1. The number of hydrogen-bond donors (Lipinski definition) is 0. The van der Waals surface area contributed by atoms with E-state index in [1.54, 1.807) is 18.2 Å². The van der Waals surface area contributed by atoms with Crippen molar-refractivity contribution in [2.75, 3.05) is 0 Å². The van der Waals surface area contributed by atoms with E-state index in [2.05, 4.69) is 0 Å². The van der Waals surface area contributed by atoms with Crippen LogP contribution in [0.2, 0.25) is 0 Å². The first-order valence-corrected chi connectivity index (χ1v) is 6.62. The summed E-state index contributed by atoms with van der Waals surface area (Å²) in [6.07, 6.45) is 0.589. The van der Waals surface area contributed by atoms with Crippen LogP contribution in [-0.2, 0) is 4.79 Å². The second-order valence-electron chi connectivity index (χ2n) is 4.91. The van der Waals surface area contributed by atoms with Gasteiger partial charge in [-0.3, -0.25) is 9.59 Å². The highest BCUT2D eigenvalue weighted by molar-refractivity contribution is 5.97. The zero-order valence-corrected chi connectivity index (χ0v) is 10.9. The highest BCUT2D eigenvalue weighted by Gasteiger charge is 2.28. The van der Waals surface area contributed by atoms with Crippen molar-refractivity contribution in [2.45, 2.75) is 18.8 Å². The number of ether oxygens (including phenoxy) is 1. The molecule has 1 aliphatic heterocycles. The number of esters is 1. The van der Waals surface area contributed by atoms with Gasteiger partial charge in [-0.25, -0.2) is 0 Å². The zero-order valence-electron chi connectivity index (χ0n) is 10.9. The Hall–Kier alpha value is -2.42. The van der Waals surface area contributed by atoms with Crippen molar-refractivity contribution in [3.8, 4) is 5.75 Å². The van der Waals surface area contributed by atoms with Crippen LogP contribution < -0.4 is 4.74 Å². The lowest BCUT2D eigenvalue weighted by Crippen LogP contribution is -2.22. The molecular formula is C17H14O3. The third kappa shape index (κ3) is 2.48. The van der Waals surface area contributed by atoms with Gasteiger partial charge >= 0.3 is 5.97 Å². The molecule has 100 valence electrons. The van der Waals surface area contributed by atoms with Crippen LogP contribution in [0.25, 0.3) is 0 Å². The zero-order chi connectivity index (χ0) is 13.9. The van der Waals surface area contributed by atoms with E-state index in [0.717, 1.165) is 5.56 Å². The predicted molar refractivity (Wildman–Crippen MR) is 74.8 cm³/mol. The van der Waals surface area contributed by atoms with Gasteiger partial charge in [0, 0.05) is 17.9 Å². The molecule has 0 bridgehead atoms. The first-order chi connectivity index (χ1) is 9.74. The summed E-state index contributed by atoms with van der Waals surface area (Å²) in [6, 6.07) is 16.6. The van der Waals surface area contributed by atoms with Crippen molar-refractivity contribution in [1.82, 2.24) is 0 Å². The number of carbonyl (C=O) groups is 2. The Labute approximate surface area is 117 Å². The van der Waals surface area contributed by atoms with E-state index < -0.39 is 0 Å². The fourth-order valence-electron chi connectivity index (χ4n) is 2.53. The number of Topliss-reactive ketones (excluding diaryl/α,β-unsaturated/α-hetero) is 1. The second-order valence-corrected chi connectivity index (χ2v) is 4.91. The Morgan fingerprint density at radius 1 is 1.05 bits per heavy atom. The maximum atomic E-state index is 12.3. The lowest BCUT2D eigenvalue weighted by molar-refractivity contribution is -0.135. The van der Waals surface area contributed by atoms with E-state index >= 15 is 0 Å². The number of rotatable bonds is 3. The Kier molecular flexibility index (Phi) is 3.33. The first kappa shape index (κ1) is 12.6. The van der Waals surface area contributed by atoms with Gasteiger partial charge in [-0.1, -0.05) is 48.5 Å². The normalized spacial score (nSPS) is 17.2. The summed E-state index contributed by atoms with van der Waals surface area (Å²) in [6.45, 7) is 0. The van der Waals surface area contributed by atoms with Gasteiger partial charge in [0.25, 0.3) is 0 Å². The maximum absolute atomic E-state index is 12.3. The van der Waals surface area contributed by atoms with Crippen molar-refractivity contribution < 1.29 is 14.3 Å². The maximum Gasteiger partial charge on any atom is 0.311 e. The number of para-hydroxylation sites is 1. The summed E-state index contributed by atoms with van der Waals surface area (Å²) in [5.74, 6) is 0.268. The van der Waals surface area contributed by atoms with E-state index in [4.69, 9.17) is 4.74 Å². The molecule has 1 atom stereocenters. The number of benzene rings is 2. The molecule has 3 nitrogen and oxygen atoms in total. The summed E-state index contributed by atoms with van der Waals surface area (Å²) in [7, 11) is 0. The molecule has 2 aromatic carbocycles. The quantitative estimate of drug-likeness (QED) is 0.486. The molecule has 0 unspecified atom stereocenters. The summed E-state index contributed by atoms with van der Waals surface area (Å²) < 4.78 is 5.20. The molecule has 3 heteroatoms. The van der Waals surface area contributed by atoms with Crippen molar-refractivity contribution in [3.63, 3.8) is 0 Å². The van der Waals surface area contributed by atoms with Gasteiger partial charge in [-0.15, -0.1) is 0 Å². The van der Waals surface area contributed by atoms with E-state index in [1.807, 2.05) is 36.4 Å². The average molecular weight is 266 g/mol. The summed E-state index contributed by atoms with van der Waals surface area (Å²) in [4.78, 5) is 23.9. The molecule has 0 N–H and O–H groups in total. The number of fused-ring (bicyclic) bond motifs is 1. The van der Waals surface area contributed by atoms with Crippen LogP contribution in [0.3, 0.4) is 0 Å². The fourth-order valence-corrected chi connectivity index (χ4v) is 2.53. The van der Waals surface area contributed by atoms with Crippen molar-refractivity contribution in [1.29, 1.82) is 0 Å². The second kappa shape index (κ2) is 5.29. The van der Waals surface area contributed by atoms with Gasteiger partial charge < -0.3 is 4.74 Å². The van der Waals surface area contributed by atoms with E-state index in [1.165, 1.54) is 0 Å². The van der Waals surface area contributed by atoms with Crippen LogP contribution >= 0.6 is 0 Å². The van der Waals surface area contributed by atoms with Crippen LogP contribution in [0, 0.1) is 0 Å². The van der Waals surface area contributed by atoms with Crippen LogP contribution in [0.5, 0.6) is 5.75 Å². The topological polar surface area (TPSA) is 43.4 Å². The molecule has 1 heterocycles. The molecule has 20 heavy (non-hydrogen) atoms. The molecular weight excluding hydrogens is 252 g/mol. The average Bonchev–Trinajstić information content (AvgIpc) is 2.48. The summed E-state index contributed by atoms with van der Waals surface area (Å²) >= 11 is 0. The third-order valence-corrected chi connectivity index (χ3v) is 3.52. The van der Waals surface area contributed by atoms with Gasteiger partial charge in [-0.05, 0) is 11.6 Å². The van der Waals surface area contributed by atoms with Gasteiger partial charge in [0.1, 0.15) is 5.75 Å². The Bertz CT molecular complexity index is 646. The molecule has 0 spiro atoms. The molecule has 3 rings (SSSR count). The minimum absolute atomic E-state index is 0.0557. The van der Waals surface area contributed by atoms with Crippen LogP contribution in [0.15, 0.2) is 54.6 Å². The SMILES string of the molecule is O=C1C[C@H](CC(=O)c2ccccc2)c2ccccc2O1. The lowest BCUT2D eigenvalue weighted by atomic mass is 9.87. The van der Waals surface area contributed by atoms with Crippen molar-refractivity contribution in [3.05, 3.63) is 65.7 Å². The molecule has 0 amide bonds. The molecule has 0 fully saturated rings. The van der Waals surface area contributed by atoms with Gasteiger partial charge in [0.2, 0.25) is 0 Å². The van der Waals surface area contributed by atoms with Gasteiger partial charge in [0.05, 0.1) is 6.42 Å². The first-order valence-electron chi connectivity index (χ1n) is 6.62. The Balaban J connectivity index is 1.85. The van der Waals surface area contributed by atoms with Crippen LogP contribution in [-0.4, -0.2) is 11.8 Å². The third-order valence-electron chi connectivity index (χ3n) is 3.52. The van der Waals surface area contributed by atoms with E-state index in [9.17, 15) is 9.59 Å². The van der Waals surface area contributed by atoms with Gasteiger partial charge in [0.15, 0.2) is 5.78 Å². The van der Waals surface area contributed by atoms with E-state index in [-0.39, 0.29) is 24.1 Å². The number of hydrogen-bond acceptors (Lipinski definition) is 3. The molecule has 2 aromatic rings. The monoisotopic (exact) mass is 266 g/mol. The molecule has 0 saturated heterocycles. The molecule has 0 aliphatic carbocycles. The molecule has 0 saturated carbocycles. The van der Waals surface area contributed by atoms with Crippen LogP contribution in [0.1, 0.15) is 34.7 Å². The Morgan fingerprint density at radius 3 is 2.55 bits per heavy atom. The summed E-state index contributed by atoms with van der Waals surface area (Å²) in [5, 5.41) is 0. The predicted octanol–water partition coefficient (Wildman–Crippen LogP) is 3.35. The molecule has 1 aliphatic rings. The lowest BCUT2D eigenvalue weighted by Gasteiger charge is -2.23. The van der Waals surface area contributed by atoms with E-state index in [0.29, 0.717) is 17.7 Å². The van der Waals surface area contributed by atoms with Crippen molar-refractivity contribution in [2.24, 2.45) is 0 Å². The standard InChI is InChI=1S/C17H14O3/c18-15(12-6-2-1-3-7-12)10-13-11-17(19)20-16-9-5-4-8-14(13)16/h1-9,13H,10-11H2/t13-/m0/s1. The largest absolute Gasteiger partial charge is 0.426 e. The minimum atomic E-state index is -0.269. The van der Waals surface area contributed by atoms with Crippen LogP contribution in [0.4, 0.5) is 0 Å². The minimum Gasteiger partial charge on any atom is -0.426 e. The molecule has 0 radical (unpaired) electrons.